The van der Waals surface area contributed by atoms with Gasteiger partial charge in [0, 0.05) is 31.9 Å². The fraction of sp³-hybridized carbons (Fsp3) is 0.588. The van der Waals surface area contributed by atoms with E-state index in [4.69, 9.17) is 4.98 Å². The van der Waals surface area contributed by atoms with Crippen molar-refractivity contribution in [3.8, 4) is 0 Å². The van der Waals surface area contributed by atoms with Gasteiger partial charge in [0.1, 0.15) is 0 Å². The summed E-state index contributed by atoms with van der Waals surface area (Å²) in [5.41, 5.74) is 2.39. The number of hydrogen-bond acceptors (Lipinski definition) is 4. The number of carbonyl (C=O) groups is 1. The minimum atomic E-state index is 0. The highest BCUT2D eigenvalue weighted by molar-refractivity contribution is 6.05. The first-order valence-electron chi connectivity index (χ1n) is 8.15. The fourth-order valence-corrected chi connectivity index (χ4v) is 2.47. The third-order valence-electron chi connectivity index (χ3n) is 3.94. The Balaban J connectivity index is 0.00000288. The van der Waals surface area contributed by atoms with Crippen molar-refractivity contribution < 1.29 is 4.79 Å². The van der Waals surface area contributed by atoms with Crippen LogP contribution in [0.4, 0.5) is 0 Å². The summed E-state index contributed by atoms with van der Waals surface area (Å²) in [6, 6.07) is 2.12. The van der Waals surface area contributed by atoms with E-state index in [1.54, 1.807) is 11.1 Å². The van der Waals surface area contributed by atoms with Gasteiger partial charge in [-0.2, -0.15) is 5.10 Å². The normalized spacial score (nSPS) is 10.7. The molecule has 0 aliphatic rings. The van der Waals surface area contributed by atoms with Crippen molar-refractivity contribution in [2.45, 2.75) is 39.7 Å². The zero-order valence-corrected chi connectivity index (χ0v) is 17.4. The highest BCUT2D eigenvalue weighted by atomic mass is 35.5. The molecule has 2 aromatic rings. The zero-order valence-electron chi connectivity index (χ0n) is 15.7. The molecule has 25 heavy (non-hydrogen) atoms. The van der Waals surface area contributed by atoms with Crippen molar-refractivity contribution >= 4 is 41.8 Å². The molecule has 0 saturated heterocycles. The number of carbonyl (C=O) groups excluding carboxylic acids is 1. The Morgan fingerprint density at radius 1 is 1.28 bits per heavy atom. The number of nitrogens with one attached hydrogen (secondary N) is 1. The number of pyridine rings is 1. The largest absolute Gasteiger partial charge is 0.340 e. The summed E-state index contributed by atoms with van der Waals surface area (Å²) in [4.78, 5) is 19.3. The van der Waals surface area contributed by atoms with E-state index in [9.17, 15) is 4.79 Å². The molecule has 0 aliphatic carbocycles. The second-order valence-corrected chi connectivity index (χ2v) is 6.50. The van der Waals surface area contributed by atoms with Crippen LogP contribution in [0.3, 0.4) is 0 Å². The topological polar surface area (TPSA) is 63.1 Å². The van der Waals surface area contributed by atoms with Crippen LogP contribution in [0, 0.1) is 0 Å². The van der Waals surface area contributed by atoms with Crippen LogP contribution in [0.2, 0.25) is 0 Å². The minimum absolute atomic E-state index is 0. The van der Waals surface area contributed by atoms with Crippen LogP contribution in [0.5, 0.6) is 0 Å². The monoisotopic (exact) mass is 389 g/mol. The van der Waals surface area contributed by atoms with E-state index in [1.165, 1.54) is 0 Å². The molecular weight excluding hydrogens is 361 g/mol. The van der Waals surface area contributed by atoms with E-state index in [0.29, 0.717) is 12.1 Å². The quantitative estimate of drug-likeness (QED) is 0.822. The lowest BCUT2D eigenvalue weighted by molar-refractivity contribution is 0.0798. The summed E-state index contributed by atoms with van der Waals surface area (Å²) in [7, 11) is 3.71. The van der Waals surface area contributed by atoms with Gasteiger partial charge in [-0.1, -0.05) is 13.8 Å². The molecule has 0 radical (unpaired) electrons. The maximum atomic E-state index is 12.9. The molecule has 1 amide bonds. The second-order valence-electron chi connectivity index (χ2n) is 6.50. The van der Waals surface area contributed by atoms with E-state index >= 15 is 0 Å². The van der Waals surface area contributed by atoms with E-state index in [0.717, 1.165) is 23.3 Å². The molecule has 0 bridgehead atoms. The Morgan fingerprint density at radius 3 is 2.44 bits per heavy atom. The first-order valence-corrected chi connectivity index (χ1v) is 8.15. The highest BCUT2D eigenvalue weighted by Crippen LogP contribution is 2.25. The zero-order chi connectivity index (χ0) is 17.1. The molecule has 0 aliphatic heterocycles. The Bertz CT molecular complexity index is 700. The van der Waals surface area contributed by atoms with Gasteiger partial charge in [-0.05, 0) is 32.9 Å². The van der Waals surface area contributed by atoms with Crippen molar-refractivity contribution in [3.63, 3.8) is 0 Å². The molecule has 1 N–H and O–H groups in total. The number of rotatable bonds is 6. The summed E-state index contributed by atoms with van der Waals surface area (Å²) in [6.45, 7) is 9.73. The maximum Gasteiger partial charge on any atom is 0.254 e. The molecule has 0 unspecified atom stereocenters. The molecule has 0 aromatic carbocycles. The first-order chi connectivity index (χ1) is 10.9. The van der Waals surface area contributed by atoms with Gasteiger partial charge in [0.05, 0.1) is 17.1 Å². The lowest BCUT2D eigenvalue weighted by Crippen LogP contribution is -2.33. The second kappa shape index (κ2) is 9.94. The molecule has 8 heteroatoms. The fourth-order valence-electron chi connectivity index (χ4n) is 2.47. The van der Waals surface area contributed by atoms with Crippen LogP contribution in [0.1, 0.15) is 55.7 Å². The maximum absolute atomic E-state index is 12.9. The molecule has 2 aromatic heterocycles. The van der Waals surface area contributed by atoms with Crippen LogP contribution in [0.25, 0.3) is 11.0 Å². The smallest absolute Gasteiger partial charge is 0.254 e. The van der Waals surface area contributed by atoms with Gasteiger partial charge in [-0.25, -0.2) is 9.67 Å². The number of hydrogen-bond donors (Lipinski definition) is 1. The van der Waals surface area contributed by atoms with E-state index in [2.05, 4.69) is 38.1 Å². The summed E-state index contributed by atoms with van der Waals surface area (Å²) >= 11 is 0. The Labute approximate surface area is 162 Å². The molecule has 0 atom stereocenters. The SMILES string of the molecule is CNCCN(C)C(=O)c1cc(C(C)C)nc2c1cnn2C(C)C.Cl.Cl. The molecule has 0 fully saturated rings. The van der Waals surface area contributed by atoms with Gasteiger partial charge in [0.15, 0.2) is 5.65 Å². The van der Waals surface area contributed by atoms with Crippen molar-refractivity contribution in [1.29, 1.82) is 0 Å². The highest BCUT2D eigenvalue weighted by Gasteiger charge is 2.20. The molecule has 2 rings (SSSR count). The van der Waals surface area contributed by atoms with E-state index < -0.39 is 0 Å². The van der Waals surface area contributed by atoms with Crippen LogP contribution >= 0.6 is 24.8 Å². The third kappa shape index (κ3) is 5.06. The lowest BCUT2D eigenvalue weighted by Gasteiger charge is -2.18. The molecule has 0 spiro atoms. The number of aromatic nitrogens is 3. The van der Waals surface area contributed by atoms with Crippen LogP contribution in [-0.4, -0.2) is 52.8 Å². The van der Waals surface area contributed by atoms with Gasteiger partial charge >= 0.3 is 0 Å². The molecule has 0 saturated carbocycles. The molecule has 6 nitrogen and oxygen atoms in total. The standard InChI is InChI=1S/C17H27N5O.2ClH/c1-11(2)15-9-13(17(23)21(6)8-7-18-5)14-10-19-22(12(3)4)16(14)20-15;;/h9-12,18H,7-8H2,1-6H3;2*1H. The van der Waals surface area contributed by atoms with Crippen LogP contribution < -0.4 is 5.32 Å². The molecule has 2 heterocycles. The summed E-state index contributed by atoms with van der Waals surface area (Å²) in [6.07, 6.45) is 1.76. The van der Waals surface area contributed by atoms with Crippen molar-refractivity contribution in [2.24, 2.45) is 0 Å². The van der Waals surface area contributed by atoms with Crippen molar-refractivity contribution in [3.05, 3.63) is 23.5 Å². The average molecular weight is 390 g/mol. The summed E-state index contributed by atoms with van der Waals surface area (Å²) in [5.74, 6) is 0.266. The Morgan fingerprint density at radius 2 is 1.92 bits per heavy atom. The predicted octanol–water partition coefficient (Wildman–Crippen LogP) is 3.27. The van der Waals surface area contributed by atoms with Crippen molar-refractivity contribution in [2.75, 3.05) is 27.2 Å². The first kappa shape index (κ1) is 23.6. The van der Waals surface area contributed by atoms with Gasteiger partial charge in [0.2, 0.25) is 0 Å². The number of halogens is 2. The van der Waals surface area contributed by atoms with Crippen LogP contribution in [0.15, 0.2) is 12.3 Å². The molecule has 142 valence electrons. The summed E-state index contributed by atoms with van der Waals surface area (Å²) < 4.78 is 1.88. The number of amides is 1. The predicted molar refractivity (Wildman–Crippen MR) is 107 cm³/mol. The van der Waals surface area contributed by atoms with Crippen molar-refractivity contribution in [1.82, 2.24) is 25.0 Å². The van der Waals surface area contributed by atoms with Gasteiger partial charge in [-0.3, -0.25) is 4.79 Å². The number of nitrogens with zero attached hydrogens (tertiary/aromatic N) is 4. The van der Waals surface area contributed by atoms with Gasteiger partial charge < -0.3 is 10.2 Å². The lowest BCUT2D eigenvalue weighted by atomic mass is 10.0. The number of fused-ring (bicyclic) bond motifs is 1. The number of likely N-dealkylation sites (N-methyl/N-ethyl adjacent to an activating group) is 2. The Hall–Kier alpha value is -1.37. The van der Waals surface area contributed by atoms with Gasteiger partial charge in [0.25, 0.3) is 5.91 Å². The Kier molecular flexibility index (Phi) is 9.40. The minimum Gasteiger partial charge on any atom is -0.340 e. The summed E-state index contributed by atoms with van der Waals surface area (Å²) in [5, 5.41) is 8.32. The van der Waals surface area contributed by atoms with E-state index in [1.807, 2.05) is 24.8 Å². The van der Waals surface area contributed by atoms with Crippen LogP contribution in [-0.2, 0) is 0 Å². The van der Waals surface area contributed by atoms with E-state index in [-0.39, 0.29) is 42.7 Å². The average Bonchev–Trinajstić information content (AvgIpc) is 2.94. The third-order valence-corrected chi connectivity index (χ3v) is 3.94. The molecular formula is C17H29Cl2N5O. The van der Waals surface area contributed by atoms with Gasteiger partial charge in [-0.15, -0.1) is 24.8 Å².